The maximum atomic E-state index is 12.7. The van der Waals surface area contributed by atoms with E-state index in [1.54, 1.807) is 12.1 Å². The van der Waals surface area contributed by atoms with Gasteiger partial charge in [-0.25, -0.2) is 0 Å². The monoisotopic (exact) mass is 392 g/mol. The van der Waals surface area contributed by atoms with Gasteiger partial charge in [-0.3, -0.25) is 9.78 Å². The van der Waals surface area contributed by atoms with Gasteiger partial charge < -0.3 is 5.32 Å². The number of carbonyl (C=O) groups excluding carboxylic acids is 1. The van der Waals surface area contributed by atoms with Gasteiger partial charge >= 0.3 is 0 Å². The molecule has 1 atom stereocenters. The zero-order valence-electron chi connectivity index (χ0n) is 16.1. The lowest BCUT2D eigenvalue weighted by Gasteiger charge is -2.32. The quantitative estimate of drug-likeness (QED) is 0.555. The maximum Gasteiger partial charge on any atom is 0.227 e. The van der Waals surface area contributed by atoms with Crippen LogP contribution in [-0.4, -0.2) is 10.9 Å². The average Bonchev–Trinajstić information content (AvgIpc) is 2.74. The third kappa shape index (κ3) is 4.05. The van der Waals surface area contributed by atoms with Gasteiger partial charge in [-0.05, 0) is 79.5 Å². The standard InChI is InChI=1S/C24H25ClN2O/c1-16(24(28)27-20-12-10-19(25)11-13-20)17-6-8-18(9-7-17)21-14-15-26-23-5-3-2-4-22(21)23/h2-5,10-18H,6-9H2,1H3,(H,27,28)/t16-,17?,18?/m1/s1. The number of benzene rings is 2. The Morgan fingerprint density at radius 3 is 2.50 bits per heavy atom. The number of pyridine rings is 1. The van der Waals surface area contributed by atoms with E-state index < -0.39 is 0 Å². The predicted octanol–water partition coefficient (Wildman–Crippen LogP) is 6.44. The van der Waals surface area contributed by atoms with Crippen LogP contribution in [0.15, 0.2) is 60.8 Å². The molecular formula is C24H25ClN2O. The topological polar surface area (TPSA) is 42.0 Å². The lowest BCUT2D eigenvalue weighted by atomic mass is 9.73. The minimum Gasteiger partial charge on any atom is -0.326 e. The van der Waals surface area contributed by atoms with Gasteiger partial charge in [0, 0.05) is 28.2 Å². The summed E-state index contributed by atoms with van der Waals surface area (Å²) in [6.45, 7) is 2.05. The summed E-state index contributed by atoms with van der Waals surface area (Å²) in [5.41, 5.74) is 3.28. The summed E-state index contributed by atoms with van der Waals surface area (Å²) in [4.78, 5) is 17.2. The molecule has 4 heteroatoms. The molecule has 0 aliphatic heterocycles. The summed E-state index contributed by atoms with van der Waals surface area (Å²) >= 11 is 5.92. The Morgan fingerprint density at radius 1 is 1.04 bits per heavy atom. The van der Waals surface area contributed by atoms with Crippen molar-refractivity contribution in [1.82, 2.24) is 4.98 Å². The Labute approximate surface area is 171 Å². The van der Waals surface area contributed by atoms with E-state index in [0.29, 0.717) is 16.9 Å². The van der Waals surface area contributed by atoms with E-state index in [2.05, 4.69) is 41.5 Å². The van der Waals surface area contributed by atoms with Gasteiger partial charge in [0.05, 0.1) is 5.52 Å². The lowest BCUT2D eigenvalue weighted by Crippen LogP contribution is -2.29. The number of carbonyl (C=O) groups is 1. The zero-order chi connectivity index (χ0) is 19.5. The molecule has 1 heterocycles. The molecule has 1 aromatic heterocycles. The fourth-order valence-electron chi connectivity index (χ4n) is 4.41. The van der Waals surface area contributed by atoms with E-state index in [1.807, 2.05) is 24.4 Å². The minimum atomic E-state index is 0.00538. The summed E-state index contributed by atoms with van der Waals surface area (Å²) in [6.07, 6.45) is 6.33. The first-order valence-electron chi connectivity index (χ1n) is 10.0. The SMILES string of the molecule is C[C@@H](C(=O)Nc1ccc(Cl)cc1)C1CCC(c2ccnc3ccccc23)CC1. The molecule has 28 heavy (non-hydrogen) atoms. The van der Waals surface area contributed by atoms with Crippen LogP contribution in [0.3, 0.4) is 0 Å². The summed E-state index contributed by atoms with van der Waals surface area (Å²) < 4.78 is 0. The number of halogens is 1. The number of fused-ring (bicyclic) bond motifs is 1. The minimum absolute atomic E-state index is 0.00538. The van der Waals surface area contributed by atoms with Crippen LogP contribution in [0.25, 0.3) is 10.9 Å². The molecule has 1 aliphatic carbocycles. The van der Waals surface area contributed by atoms with Crippen LogP contribution in [0.2, 0.25) is 5.02 Å². The highest BCUT2D eigenvalue weighted by Gasteiger charge is 2.30. The molecule has 1 aliphatic rings. The highest BCUT2D eigenvalue weighted by molar-refractivity contribution is 6.30. The van der Waals surface area contributed by atoms with Crippen LogP contribution >= 0.6 is 11.6 Å². The normalized spacial score (nSPS) is 20.6. The van der Waals surface area contributed by atoms with Crippen molar-refractivity contribution in [2.45, 2.75) is 38.5 Å². The molecule has 0 radical (unpaired) electrons. The smallest absolute Gasteiger partial charge is 0.227 e. The van der Waals surface area contributed by atoms with Crippen molar-refractivity contribution in [3.05, 3.63) is 71.4 Å². The van der Waals surface area contributed by atoms with Gasteiger partial charge in [0.25, 0.3) is 0 Å². The first-order chi connectivity index (χ1) is 13.6. The van der Waals surface area contributed by atoms with Crippen LogP contribution < -0.4 is 5.32 Å². The van der Waals surface area contributed by atoms with Crippen LogP contribution in [0.4, 0.5) is 5.69 Å². The molecule has 1 saturated carbocycles. The fraction of sp³-hybridized carbons (Fsp3) is 0.333. The Morgan fingerprint density at radius 2 is 1.75 bits per heavy atom. The van der Waals surface area contributed by atoms with Crippen molar-refractivity contribution in [1.29, 1.82) is 0 Å². The lowest BCUT2D eigenvalue weighted by molar-refractivity contribution is -0.121. The Kier molecular flexibility index (Phi) is 5.63. The highest BCUT2D eigenvalue weighted by atomic mass is 35.5. The van der Waals surface area contributed by atoms with Crippen LogP contribution in [0, 0.1) is 11.8 Å². The second-order valence-corrected chi connectivity index (χ2v) is 8.25. The summed E-state index contributed by atoms with van der Waals surface area (Å²) in [5, 5.41) is 4.97. The first kappa shape index (κ1) is 18.9. The van der Waals surface area contributed by atoms with Gasteiger partial charge in [-0.1, -0.05) is 36.7 Å². The molecule has 2 aromatic carbocycles. The highest BCUT2D eigenvalue weighted by Crippen LogP contribution is 2.40. The number of rotatable bonds is 4. The number of amides is 1. The van der Waals surface area contributed by atoms with Crippen molar-refractivity contribution in [3.8, 4) is 0 Å². The number of hydrogen-bond donors (Lipinski definition) is 1. The van der Waals surface area contributed by atoms with Gasteiger partial charge in [0.1, 0.15) is 0 Å². The third-order valence-corrected chi connectivity index (χ3v) is 6.38. The van der Waals surface area contributed by atoms with Gasteiger partial charge in [0.2, 0.25) is 5.91 Å². The third-order valence-electron chi connectivity index (χ3n) is 6.13. The number of anilines is 1. The molecule has 0 unspecified atom stereocenters. The van der Waals surface area contributed by atoms with E-state index in [9.17, 15) is 4.79 Å². The van der Waals surface area contributed by atoms with Gasteiger partial charge in [-0.2, -0.15) is 0 Å². The Bertz CT molecular complexity index is 957. The van der Waals surface area contributed by atoms with E-state index in [4.69, 9.17) is 11.6 Å². The van der Waals surface area contributed by atoms with E-state index >= 15 is 0 Å². The molecule has 0 bridgehead atoms. The van der Waals surface area contributed by atoms with Crippen LogP contribution in [-0.2, 0) is 4.79 Å². The van der Waals surface area contributed by atoms with E-state index in [-0.39, 0.29) is 11.8 Å². The molecular weight excluding hydrogens is 368 g/mol. The summed E-state index contributed by atoms with van der Waals surface area (Å²) in [6, 6.07) is 17.8. The molecule has 1 fully saturated rings. The number of nitrogens with zero attached hydrogens (tertiary/aromatic N) is 1. The van der Waals surface area contributed by atoms with Crippen LogP contribution in [0.1, 0.15) is 44.1 Å². The molecule has 4 rings (SSSR count). The molecule has 1 amide bonds. The molecule has 144 valence electrons. The molecule has 1 N–H and O–H groups in total. The van der Waals surface area contributed by atoms with Crippen LogP contribution in [0.5, 0.6) is 0 Å². The maximum absolute atomic E-state index is 12.7. The van der Waals surface area contributed by atoms with Crippen molar-refractivity contribution < 1.29 is 4.79 Å². The largest absolute Gasteiger partial charge is 0.326 e. The second-order valence-electron chi connectivity index (χ2n) is 7.81. The van der Waals surface area contributed by atoms with Crippen molar-refractivity contribution in [3.63, 3.8) is 0 Å². The average molecular weight is 393 g/mol. The van der Waals surface area contributed by atoms with Crippen molar-refractivity contribution in [2.24, 2.45) is 11.8 Å². The zero-order valence-corrected chi connectivity index (χ0v) is 16.8. The van der Waals surface area contributed by atoms with E-state index in [1.165, 1.54) is 10.9 Å². The predicted molar refractivity (Wildman–Crippen MR) is 116 cm³/mol. The van der Waals surface area contributed by atoms with Crippen molar-refractivity contribution in [2.75, 3.05) is 5.32 Å². The molecule has 3 nitrogen and oxygen atoms in total. The van der Waals surface area contributed by atoms with Gasteiger partial charge in [0.15, 0.2) is 0 Å². The summed E-state index contributed by atoms with van der Waals surface area (Å²) in [5.74, 6) is 1.08. The van der Waals surface area contributed by atoms with Crippen molar-refractivity contribution >= 4 is 34.1 Å². The molecule has 0 saturated heterocycles. The summed E-state index contributed by atoms with van der Waals surface area (Å²) in [7, 11) is 0. The van der Waals surface area contributed by atoms with Gasteiger partial charge in [-0.15, -0.1) is 0 Å². The number of hydrogen-bond acceptors (Lipinski definition) is 2. The molecule has 3 aromatic rings. The number of para-hydroxylation sites is 1. The first-order valence-corrected chi connectivity index (χ1v) is 10.4. The Balaban J connectivity index is 1.39. The van der Waals surface area contributed by atoms with E-state index in [0.717, 1.165) is 36.9 Å². The Hall–Kier alpha value is -2.39. The molecule has 0 spiro atoms. The number of nitrogens with one attached hydrogen (secondary N) is 1. The second kappa shape index (κ2) is 8.32. The fourth-order valence-corrected chi connectivity index (χ4v) is 4.53. The number of aromatic nitrogens is 1.